The molecule has 0 fully saturated rings. The van der Waals surface area contributed by atoms with Crippen LogP contribution in [0.2, 0.25) is 0 Å². The van der Waals surface area contributed by atoms with Crippen LogP contribution in [0.4, 0.5) is 0 Å². The average Bonchev–Trinajstić information content (AvgIpc) is 2.84. The van der Waals surface area contributed by atoms with E-state index in [1.165, 1.54) is 0 Å². The van der Waals surface area contributed by atoms with Crippen LogP contribution in [0.1, 0.15) is 19.7 Å². The first kappa shape index (κ1) is 16.1. The number of aryl methyl sites for hydroxylation is 1. The molecule has 21 heavy (non-hydrogen) atoms. The number of aromatic nitrogens is 2. The van der Waals surface area contributed by atoms with Crippen molar-refractivity contribution in [3.63, 3.8) is 0 Å². The van der Waals surface area contributed by atoms with Gasteiger partial charge in [0.05, 0.1) is 12.1 Å². The molecule has 0 saturated heterocycles. The minimum atomic E-state index is 0.580. The van der Waals surface area contributed by atoms with Crippen LogP contribution in [0.5, 0.6) is 5.75 Å². The zero-order chi connectivity index (χ0) is 15.2. The number of fused-ring (bicyclic) bond motifs is 1. The molecule has 0 bridgehead atoms. The third kappa shape index (κ3) is 3.69. The molecule has 0 N–H and O–H groups in total. The van der Waals surface area contributed by atoms with Crippen molar-refractivity contribution >= 4 is 22.6 Å². The lowest BCUT2D eigenvalue weighted by atomic mass is 10.3. The predicted octanol–water partition coefficient (Wildman–Crippen LogP) is 3.17. The summed E-state index contributed by atoms with van der Waals surface area (Å²) in [6.07, 6.45) is 0.775. The third-order valence-electron chi connectivity index (χ3n) is 3.68. The zero-order valence-corrected chi connectivity index (χ0v) is 13.9. The fourth-order valence-electron chi connectivity index (χ4n) is 2.40. The second-order valence-electron chi connectivity index (χ2n) is 5.07. The molecule has 0 saturated carbocycles. The Hall–Kier alpha value is -1.26. The van der Waals surface area contributed by atoms with Crippen LogP contribution in [-0.4, -0.2) is 47.1 Å². The molecule has 5 heteroatoms. The maximum absolute atomic E-state index is 5.93. The van der Waals surface area contributed by atoms with Gasteiger partial charge in [0.15, 0.2) is 0 Å². The molecule has 0 aliphatic carbocycles. The van der Waals surface area contributed by atoms with E-state index >= 15 is 0 Å². The Labute approximate surface area is 131 Å². The molecule has 1 heterocycles. The van der Waals surface area contributed by atoms with E-state index in [9.17, 15) is 0 Å². The molecule has 0 aliphatic rings. The molecule has 116 valence electrons. The van der Waals surface area contributed by atoms with Crippen molar-refractivity contribution in [2.24, 2.45) is 0 Å². The van der Waals surface area contributed by atoms with Gasteiger partial charge in [-0.2, -0.15) is 0 Å². The molecular weight excluding hydrogens is 286 g/mol. The monoisotopic (exact) mass is 309 g/mol. The first-order valence-electron chi connectivity index (χ1n) is 7.56. The van der Waals surface area contributed by atoms with Gasteiger partial charge in [0, 0.05) is 25.4 Å². The second-order valence-corrected chi connectivity index (χ2v) is 5.45. The van der Waals surface area contributed by atoms with Gasteiger partial charge in [0.2, 0.25) is 0 Å². The van der Waals surface area contributed by atoms with Crippen LogP contribution < -0.4 is 4.74 Å². The lowest BCUT2D eigenvalue weighted by molar-refractivity contribution is 0.335. The van der Waals surface area contributed by atoms with Crippen molar-refractivity contribution < 1.29 is 4.74 Å². The predicted molar refractivity (Wildman–Crippen MR) is 88.5 cm³/mol. The van der Waals surface area contributed by atoms with E-state index < -0.39 is 0 Å². The lowest BCUT2D eigenvalue weighted by Crippen LogP contribution is -2.23. The van der Waals surface area contributed by atoms with E-state index in [0.717, 1.165) is 48.7 Å². The number of ether oxygens (including phenoxy) is 1. The summed E-state index contributed by atoms with van der Waals surface area (Å²) < 4.78 is 7.96. The van der Waals surface area contributed by atoms with E-state index in [4.69, 9.17) is 21.3 Å². The largest absolute Gasteiger partial charge is 0.492 e. The van der Waals surface area contributed by atoms with Gasteiger partial charge in [-0.25, -0.2) is 4.98 Å². The highest BCUT2D eigenvalue weighted by molar-refractivity contribution is 6.17. The summed E-state index contributed by atoms with van der Waals surface area (Å²) in [4.78, 5) is 7.05. The normalized spacial score (nSPS) is 11.5. The maximum atomic E-state index is 5.93. The number of benzene rings is 1. The van der Waals surface area contributed by atoms with Gasteiger partial charge in [-0.3, -0.25) is 0 Å². The highest BCUT2D eigenvalue weighted by Gasteiger charge is 2.14. The van der Waals surface area contributed by atoms with Crippen LogP contribution in [-0.2, 0) is 13.0 Å². The molecular formula is C16H24ClN3O. The van der Waals surface area contributed by atoms with Crippen molar-refractivity contribution in [1.29, 1.82) is 0 Å². The number of para-hydroxylation sites is 1. The summed E-state index contributed by atoms with van der Waals surface area (Å²) in [5.74, 6) is 2.47. The Balaban J connectivity index is 2.39. The summed E-state index contributed by atoms with van der Waals surface area (Å²) in [5, 5.41) is 0. The summed E-state index contributed by atoms with van der Waals surface area (Å²) in [6.45, 7) is 7.76. The van der Waals surface area contributed by atoms with Crippen molar-refractivity contribution in [3.05, 3.63) is 24.0 Å². The second kappa shape index (κ2) is 7.66. The smallest absolute Gasteiger partial charge is 0.147 e. The first-order chi connectivity index (χ1) is 10.2. The summed E-state index contributed by atoms with van der Waals surface area (Å²) >= 11 is 5.93. The zero-order valence-electron chi connectivity index (χ0n) is 13.1. The van der Waals surface area contributed by atoms with Crippen LogP contribution in [0, 0.1) is 0 Å². The highest BCUT2D eigenvalue weighted by Crippen LogP contribution is 2.26. The molecule has 0 unspecified atom stereocenters. The van der Waals surface area contributed by atoms with E-state index in [0.29, 0.717) is 12.5 Å². The average molecular weight is 310 g/mol. The number of hydrogen-bond donors (Lipinski definition) is 0. The Morgan fingerprint density at radius 3 is 2.81 bits per heavy atom. The molecule has 2 aromatic rings. The maximum Gasteiger partial charge on any atom is 0.147 e. The minimum absolute atomic E-state index is 0.580. The van der Waals surface area contributed by atoms with Crippen molar-refractivity contribution in [2.75, 3.05) is 32.6 Å². The van der Waals surface area contributed by atoms with Crippen molar-refractivity contribution in [3.8, 4) is 5.75 Å². The molecule has 0 aliphatic heterocycles. The Morgan fingerprint density at radius 2 is 2.14 bits per heavy atom. The van der Waals surface area contributed by atoms with Gasteiger partial charge < -0.3 is 14.2 Å². The highest BCUT2D eigenvalue weighted by atomic mass is 35.5. The van der Waals surface area contributed by atoms with Gasteiger partial charge in [-0.15, -0.1) is 11.6 Å². The number of alkyl halides is 1. The topological polar surface area (TPSA) is 30.3 Å². The number of hydrogen-bond acceptors (Lipinski definition) is 3. The van der Waals surface area contributed by atoms with Gasteiger partial charge in [-0.1, -0.05) is 13.0 Å². The minimum Gasteiger partial charge on any atom is -0.492 e. The molecule has 0 radical (unpaired) electrons. The van der Waals surface area contributed by atoms with E-state index in [-0.39, 0.29) is 0 Å². The Kier molecular flexibility index (Phi) is 5.88. The van der Waals surface area contributed by atoms with Gasteiger partial charge in [0.1, 0.15) is 17.1 Å². The van der Waals surface area contributed by atoms with E-state index in [1.54, 1.807) is 0 Å². The summed E-state index contributed by atoms with van der Waals surface area (Å²) in [7, 11) is 2.13. The number of rotatable bonds is 8. The van der Waals surface area contributed by atoms with E-state index in [2.05, 4.69) is 29.5 Å². The van der Waals surface area contributed by atoms with Crippen molar-refractivity contribution in [1.82, 2.24) is 14.5 Å². The quantitative estimate of drug-likeness (QED) is 0.702. The van der Waals surface area contributed by atoms with Gasteiger partial charge in [-0.05, 0) is 32.6 Å². The Morgan fingerprint density at radius 1 is 1.33 bits per heavy atom. The third-order valence-corrected chi connectivity index (χ3v) is 3.87. The van der Waals surface area contributed by atoms with Gasteiger partial charge in [0.25, 0.3) is 0 Å². The fourth-order valence-corrected chi connectivity index (χ4v) is 2.56. The Bertz CT molecular complexity index is 582. The molecule has 0 amide bonds. The number of halogens is 1. The first-order valence-corrected chi connectivity index (χ1v) is 8.10. The molecule has 1 aromatic heterocycles. The molecule has 1 aromatic carbocycles. The molecule has 0 spiro atoms. The number of likely N-dealkylation sites (N-methyl/N-ethyl adjacent to an activating group) is 1. The van der Waals surface area contributed by atoms with Crippen LogP contribution in [0.15, 0.2) is 18.2 Å². The molecule has 4 nitrogen and oxygen atoms in total. The number of nitrogens with zero attached hydrogens (tertiary/aromatic N) is 3. The van der Waals surface area contributed by atoms with Crippen LogP contribution >= 0.6 is 11.6 Å². The fraction of sp³-hybridized carbons (Fsp3) is 0.562. The summed E-state index contributed by atoms with van der Waals surface area (Å²) in [5.41, 5.74) is 2.07. The SMILES string of the molecule is CCOc1cccc2c1nc(CCCl)n2CCN(C)CC. The lowest BCUT2D eigenvalue weighted by Gasteiger charge is -2.16. The van der Waals surface area contributed by atoms with Crippen LogP contribution in [0.25, 0.3) is 11.0 Å². The summed E-state index contributed by atoms with van der Waals surface area (Å²) in [6, 6.07) is 6.11. The van der Waals surface area contributed by atoms with Crippen molar-refractivity contribution in [2.45, 2.75) is 26.8 Å². The standard InChI is InChI=1S/C16H24ClN3O/c1-4-19(3)11-12-20-13-7-6-8-14(21-5-2)16(13)18-15(20)9-10-17/h6-8H,4-5,9-12H2,1-3H3. The molecule has 2 rings (SSSR count). The van der Waals surface area contributed by atoms with E-state index in [1.807, 2.05) is 19.1 Å². The van der Waals surface area contributed by atoms with Crippen LogP contribution in [0.3, 0.4) is 0 Å². The number of imidazole rings is 1. The molecule has 0 atom stereocenters. The van der Waals surface area contributed by atoms with Gasteiger partial charge >= 0.3 is 0 Å².